The van der Waals surface area contributed by atoms with Gasteiger partial charge in [-0.3, -0.25) is 0 Å². The summed E-state index contributed by atoms with van der Waals surface area (Å²) in [5.41, 5.74) is 2.81. The molecule has 2 heteroatoms. The van der Waals surface area contributed by atoms with Crippen LogP contribution in [0.4, 0.5) is 4.39 Å². The van der Waals surface area contributed by atoms with Crippen molar-refractivity contribution in [3.8, 4) is 0 Å². The van der Waals surface area contributed by atoms with Crippen LogP contribution < -0.4 is 5.32 Å². The highest BCUT2D eigenvalue weighted by Gasteiger charge is 2.18. The number of hydrogen-bond acceptors (Lipinski definition) is 1. The summed E-state index contributed by atoms with van der Waals surface area (Å²) in [6, 6.07) is 4.00. The molecule has 0 atom stereocenters. The number of piperidine rings is 1. The molecule has 1 aromatic carbocycles. The van der Waals surface area contributed by atoms with Crippen molar-refractivity contribution in [3.63, 3.8) is 0 Å². The van der Waals surface area contributed by atoms with Crippen molar-refractivity contribution < 1.29 is 4.39 Å². The van der Waals surface area contributed by atoms with Crippen LogP contribution >= 0.6 is 0 Å². The third-order valence-electron chi connectivity index (χ3n) is 3.40. The zero-order chi connectivity index (χ0) is 10.8. The maximum Gasteiger partial charge on any atom is 0.129 e. The summed E-state index contributed by atoms with van der Waals surface area (Å²) in [7, 11) is 0. The Morgan fingerprint density at radius 3 is 2.53 bits per heavy atom. The molecular formula is C13H18FN. The van der Waals surface area contributed by atoms with Crippen LogP contribution in [0.5, 0.6) is 0 Å². The fourth-order valence-corrected chi connectivity index (χ4v) is 2.41. The van der Waals surface area contributed by atoms with E-state index in [0.29, 0.717) is 5.92 Å². The molecule has 0 bridgehead atoms. The Kier molecular flexibility index (Phi) is 3.06. The van der Waals surface area contributed by atoms with Crippen LogP contribution in [0.2, 0.25) is 0 Å². The summed E-state index contributed by atoms with van der Waals surface area (Å²) in [6.07, 6.45) is 2.26. The fraction of sp³-hybridized carbons (Fsp3) is 0.538. The lowest BCUT2D eigenvalue weighted by Crippen LogP contribution is -2.27. The minimum atomic E-state index is -0.0222. The van der Waals surface area contributed by atoms with Crippen molar-refractivity contribution in [3.05, 3.63) is 34.6 Å². The minimum absolute atomic E-state index is 0.0222. The van der Waals surface area contributed by atoms with E-state index in [1.165, 1.54) is 5.56 Å². The van der Waals surface area contributed by atoms with E-state index < -0.39 is 0 Å². The highest BCUT2D eigenvalue weighted by atomic mass is 19.1. The van der Waals surface area contributed by atoms with Gasteiger partial charge in [0, 0.05) is 0 Å². The van der Waals surface area contributed by atoms with Crippen molar-refractivity contribution in [1.82, 2.24) is 5.32 Å². The lowest BCUT2D eigenvalue weighted by Gasteiger charge is -2.24. The molecule has 1 aliphatic heterocycles. The van der Waals surface area contributed by atoms with Gasteiger partial charge in [-0.2, -0.15) is 0 Å². The minimum Gasteiger partial charge on any atom is -0.317 e. The molecule has 82 valence electrons. The van der Waals surface area contributed by atoms with Gasteiger partial charge < -0.3 is 5.32 Å². The molecule has 1 fully saturated rings. The van der Waals surface area contributed by atoms with Crippen LogP contribution in [0.3, 0.4) is 0 Å². The Morgan fingerprint density at radius 1 is 1.20 bits per heavy atom. The van der Waals surface area contributed by atoms with Crippen LogP contribution in [0.1, 0.15) is 35.4 Å². The monoisotopic (exact) mass is 207 g/mol. The number of halogens is 1. The van der Waals surface area contributed by atoms with Crippen molar-refractivity contribution >= 4 is 0 Å². The number of aryl methyl sites for hydroxylation is 1. The standard InChI is InChI=1S/C13H18FN/c1-9-3-4-12(10(2)13(9)14)11-5-7-15-8-6-11/h3-4,11,15H,5-8H2,1-2H3. The molecule has 1 aromatic rings. The molecule has 0 spiro atoms. The first-order valence-electron chi connectivity index (χ1n) is 5.66. The fourth-order valence-electron chi connectivity index (χ4n) is 2.41. The molecule has 1 nitrogen and oxygen atoms in total. The Labute approximate surface area is 90.7 Å². The Bertz CT molecular complexity index is 354. The van der Waals surface area contributed by atoms with E-state index in [-0.39, 0.29) is 5.82 Å². The van der Waals surface area contributed by atoms with Gasteiger partial charge in [-0.25, -0.2) is 4.39 Å². The maximum atomic E-state index is 13.7. The molecule has 0 aliphatic carbocycles. The number of hydrogen-bond donors (Lipinski definition) is 1. The van der Waals surface area contributed by atoms with E-state index in [4.69, 9.17) is 0 Å². The molecule has 0 unspecified atom stereocenters. The van der Waals surface area contributed by atoms with E-state index in [9.17, 15) is 4.39 Å². The van der Waals surface area contributed by atoms with E-state index in [1.807, 2.05) is 19.9 Å². The summed E-state index contributed by atoms with van der Waals surface area (Å²) < 4.78 is 13.7. The Balaban J connectivity index is 2.31. The van der Waals surface area contributed by atoms with E-state index in [1.54, 1.807) is 0 Å². The molecule has 1 N–H and O–H groups in total. The van der Waals surface area contributed by atoms with E-state index in [2.05, 4.69) is 11.4 Å². The average Bonchev–Trinajstić information content (AvgIpc) is 2.27. The Hall–Kier alpha value is -0.890. The molecule has 15 heavy (non-hydrogen) atoms. The van der Waals surface area contributed by atoms with Gasteiger partial charge in [0.05, 0.1) is 0 Å². The molecular weight excluding hydrogens is 189 g/mol. The van der Waals surface area contributed by atoms with Crippen LogP contribution in [0, 0.1) is 19.7 Å². The molecule has 2 rings (SSSR count). The zero-order valence-electron chi connectivity index (χ0n) is 9.44. The molecule has 0 radical (unpaired) electrons. The van der Waals surface area contributed by atoms with Crippen LogP contribution in [0.15, 0.2) is 12.1 Å². The summed E-state index contributed by atoms with van der Waals surface area (Å²) in [5.74, 6) is 0.521. The highest BCUT2D eigenvalue weighted by Crippen LogP contribution is 2.29. The first kappa shape index (κ1) is 10.6. The summed E-state index contributed by atoms with van der Waals surface area (Å²) in [6.45, 7) is 5.84. The largest absolute Gasteiger partial charge is 0.317 e. The molecule has 0 aromatic heterocycles. The summed E-state index contributed by atoms with van der Waals surface area (Å²) in [4.78, 5) is 0. The average molecular weight is 207 g/mol. The highest BCUT2D eigenvalue weighted by molar-refractivity contribution is 5.35. The molecule has 1 aliphatic rings. The second-order valence-corrected chi connectivity index (χ2v) is 4.43. The zero-order valence-corrected chi connectivity index (χ0v) is 9.44. The van der Waals surface area contributed by atoms with Gasteiger partial charge in [-0.05, 0) is 62.4 Å². The Morgan fingerprint density at radius 2 is 1.87 bits per heavy atom. The number of rotatable bonds is 1. The van der Waals surface area contributed by atoms with Crippen LogP contribution in [0.25, 0.3) is 0 Å². The topological polar surface area (TPSA) is 12.0 Å². The van der Waals surface area contributed by atoms with Gasteiger partial charge in [0.1, 0.15) is 5.82 Å². The van der Waals surface area contributed by atoms with Crippen molar-refractivity contribution in [2.45, 2.75) is 32.6 Å². The predicted octanol–water partition coefficient (Wildman–Crippen LogP) is 2.91. The lowest BCUT2D eigenvalue weighted by molar-refractivity contribution is 0.456. The van der Waals surface area contributed by atoms with Crippen molar-refractivity contribution in [1.29, 1.82) is 0 Å². The second-order valence-electron chi connectivity index (χ2n) is 4.43. The van der Waals surface area contributed by atoms with Gasteiger partial charge in [0.25, 0.3) is 0 Å². The van der Waals surface area contributed by atoms with E-state index >= 15 is 0 Å². The van der Waals surface area contributed by atoms with Gasteiger partial charge in [-0.1, -0.05) is 12.1 Å². The predicted molar refractivity (Wildman–Crippen MR) is 60.7 cm³/mol. The van der Waals surface area contributed by atoms with Crippen LogP contribution in [-0.4, -0.2) is 13.1 Å². The van der Waals surface area contributed by atoms with Gasteiger partial charge in [0.2, 0.25) is 0 Å². The molecule has 0 amide bonds. The maximum absolute atomic E-state index is 13.7. The third kappa shape index (κ3) is 2.05. The van der Waals surface area contributed by atoms with Crippen LogP contribution in [-0.2, 0) is 0 Å². The molecule has 1 heterocycles. The van der Waals surface area contributed by atoms with Crippen molar-refractivity contribution in [2.75, 3.05) is 13.1 Å². The van der Waals surface area contributed by atoms with Gasteiger partial charge in [-0.15, -0.1) is 0 Å². The number of nitrogens with one attached hydrogen (secondary N) is 1. The third-order valence-corrected chi connectivity index (χ3v) is 3.40. The normalized spacial score (nSPS) is 18.1. The lowest BCUT2D eigenvalue weighted by atomic mass is 9.86. The summed E-state index contributed by atoms with van der Waals surface area (Å²) >= 11 is 0. The second kappa shape index (κ2) is 4.31. The number of benzene rings is 1. The van der Waals surface area contributed by atoms with Gasteiger partial charge in [0.15, 0.2) is 0 Å². The molecule has 0 saturated carbocycles. The van der Waals surface area contributed by atoms with Crippen molar-refractivity contribution in [2.24, 2.45) is 0 Å². The van der Waals surface area contributed by atoms with Gasteiger partial charge >= 0.3 is 0 Å². The SMILES string of the molecule is Cc1ccc(C2CCNCC2)c(C)c1F. The summed E-state index contributed by atoms with van der Waals surface area (Å²) in [5, 5.41) is 3.34. The molecule has 1 saturated heterocycles. The first-order chi connectivity index (χ1) is 7.20. The first-order valence-corrected chi connectivity index (χ1v) is 5.66. The van der Waals surface area contributed by atoms with E-state index in [0.717, 1.165) is 37.1 Å². The smallest absolute Gasteiger partial charge is 0.129 e. The quantitative estimate of drug-likeness (QED) is 0.746.